The van der Waals surface area contributed by atoms with Crippen molar-refractivity contribution in [1.82, 2.24) is 0 Å². The van der Waals surface area contributed by atoms with Crippen molar-refractivity contribution in [1.29, 1.82) is 0 Å². The van der Waals surface area contributed by atoms with Crippen molar-refractivity contribution in [2.24, 2.45) is 0 Å². The molecule has 0 N–H and O–H groups in total. The van der Waals surface area contributed by atoms with Gasteiger partial charge in [-0.2, -0.15) is 0 Å². The fourth-order valence-electron chi connectivity index (χ4n) is 1.48. The maximum atomic E-state index is 11.1. The van der Waals surface area contributed by atoms with E-state index in [9.17, 15) is 5.11 Å². The van der Waals surface area contributed by atoms with Gasteiger partial charge in [0.2, 0.25) is 0 Å². The normalized spacial score (nSPS) is 19.4. The van der Waals surface area contributed by atoms with E-state index in [0.29, 0.717) is 6.61 Å². The van der Waals surface area contributed by atoms with Gasteiger partial charge in [0.15, 0.2) is 5.75 Å². The molecule has 2 rings (SSSR count). The van der Waals surface area contributed by atoms with Crippen molar-refractivity contribution in [3.05, 3.63) is 23.3 Å². The Morgan fingerprint density at radius 3 is 2.50 bits per heavy atom. The average Bonchev–Trinajstić information content (AvgIpc) is 2.85. The van der Waals surface area contributed by atoms with Gasteiger partial charge in [0.1, 0.15) is 18.5 Å². The summed E-state index contributed by atoms with van der Waals surface area (Å²) in [6.45, 7) is 5.15. The molecule has 1 unspecified atom stereocenters. The molecule has 1 radical (unpaired) electrons. The Hall–Kier alpha value is -1.22. The summed E-state index contributed by atoms with van der Waals surface area (Å²) < 4.78 is 10.6. The Balaban J connectivity index is 2.13. The molecule has 1 aromatic carbocycles. The van der Waals surface area contributed by atoms with Crippen LogP contribution in [0.3, 0.4) is 0 Å². The predicted molar refractivity (Wildman–Crippen MR) is 51.3 cm³/mol. The van der Waals surface area contributed by atoms with Crippen LogP contribution in [-0.4, -0.2) is 19.3 Å². The number of epoxide rings is 1. The van der Waals surface area contributed by atoms with Crippen LogP contribution in [0.4, 0.5) is 0 Å². The Kier molecular flexibility index (Phi) is 2.33. The van der Waals surface area contributed by atoms with E-state index in [-0.39, 0.29) is 11.9 Å². The van der Waals surface area contributed by atoms with Crippen LogP contribution in [0.15, 0.2) is 12.1 Å². The minimum Gasteiger partial charge on any atom is -0.490 e. The number of benzene rings is 1. The van der Waals surface area contributed by atoms with E-state index >= 15 is 0 Å². The third-order valence-electron chi connectivity index (χ3n) is 2.25. The predicted octanol–water partition coefficient (Wildman–Crippen LogP) is 2.22. The Morgan fingerprint density at radius 2 is 2.00 bits per heavy atom. The van der Waals surface area contributed by atoms with Gasteiger partial charge in [-0.1, -0.05) is 0 Å². The zero-order chi connectivity index (χ0) is 10.1. The minimum atomic E-state index is 0.0371. The number of ether oxygens (including phenoxy) is 2. The van der Waals surface area contributed by atoms with Crippen LogP contribution in [0, 0.1) is 13.8 Å². The molecule has 3 heteroatoms. The third kappa shape index (κ3) is 1.99. The first kappa shape index (κ1) is 9.34. The maximum absolute atomic E-state index is 11.1. The SMILES string of the molecule is Cc1cc([O])cc(C)c1OCC1CO1. The standard InChI is InChI=1S/C11H13O3/c1-7-3-9(12)4-8(2)11(7)14-6-10-5-13-10/h3-4,10H,5-6H2,1-2H3. The van der Waals surface area contributed by atoms with Gasteiger partial charge in [0.05, 0.1) is 6.61 Å². The average molecular weight is 193 g/mol. The molecule has 1 aliphatic rings. The lowest BCUT2D eigenvalue weighted by Crippen LogP contribution is -2.06. The molecule has 0 bridgehead atoms. The van der Waals surface area contributed by atoms with E-state index in [1.807, 2.05) is 13.8 Å². The fraction of sp³-hybridized carbons (Fsp3) is 0.455. The van der Waals surface area contributed by atoms with Crippen LogP contribution in [0.25, 0.3) is 0 Å². The van der Waals surface area contributed by atoms with Crippen LogP contribution in [0.2, 0.25) is 0 Å². The topological polar surface area (TPSA) is 41.7 Å². The van der Waals surface area contributed by atoms with Crippen molar-refractivity contribution < 1.29 is 14.6 Å². The monoisotopic (exact) mass is 193 g/mol. The van der Waals surface area contributed by atoms with Crippen LogP contribution in [0.1, 0.15) is 11.1 Å². The van der Waals surface area contributed by atoms with Crippen molar-refractivity contribution in [2.45, 2.75) is 20.0 Å². The van der Waals surface area contributed by atoms with E-state index in [1.54, 1.807) is 12.1 Å². The summed E-state index contributed by atoms with van der Waals surface area (Å²) in [6.07, 6.45) is 0.251. The Labute approximate surface area is 83.3 Å². The second-order valence-corrected chi connectivity index (χ2v) is 3.65. The zero-order valence-electron chi connectivity index (χ0n) is 8.37. The van der Waals surface area contributed by atoms with Crippen LogP contribution < -0.4 is 4.74 Å². The highest BCUT2D eigenvalue weighted by molar-refractivity contribution is 5.45. The largest absolute Gasteiger partial charge is 0.490 e. The summed E-state index contributed by atoms with van der Waals surface area (Å²) in [5.74, 6) is 0.857. The lowest BCUT2D eigenvalue weighted by atomic mass is 10.1. The Morgan fingerprint density at radius 1 is 1.43 bits per heavy atom. The summed E-state index contributed by atoms with van der Waals surface area (Å²) in [4.78, 5) is 0. The van der Waals surface area contributed by atoms with Crippen LogP contribution in [-0.2, 0) is 9.84 Å². The lowest BCUT2D eigenvalue weighted by molar-refractivity contribution is 0.259. The van der Waals surface area contributed by atoms with Crippen molar-refractivity contribution in [2.75, 3.05) is 13.2 Å². The first-order valence-corrected chi connectivity index (χ1v) is 4.69. The molecule has 0 spiro atoms. The van der Waals surface area contributed by atoms with Gasteiger partial charge in [-0.05, 0) is 37.1 Å². The molecule has 0 amide bonds. The first-order chi connectivity index (χ1) is 6.66. The summed E-state index contributed by atoms with van der Waals surface area (Å²) in [6, 6.07) is 3.19. The molecule has 0 aromatic heterocycles. The van der Waals surface area contributed by atoms with Gasteiger partial charge in [-0.3, -0.25) is 5.11 Å². The van der Waals surface area contributed by atoms with Crippen LogP contribution >= 0.6 is 0 Å². The molecule has 3 nitrogen and oxygen atoms in total. The highest BCUT2D eigenvalue weighted by atomic mass is 16.6. The van der Waals surface area contributed by atoms with E-state index in [1.165, 1.54) is 0 Å². The van der Waals surface area contributed by atoms with Gasteiger partial charge >= 0.3 is 0 Å². The summed E-state index contributed by atoms with van der Waals surface area (Å²) in [7, 11) is 0. The highest BCUT2D eigenvalue weighted by Gasteiger charge is 2.23. The molecule has 0 saturated carbocycles. The highest BCUT2D eigenvalue weighted by Crippen LogP contribution is 2.28. The molecule has 0 aliphatic carbocycles. The lowest BCUT2D eigenvalue weighted by Gasteiger charge is -2.10. The van der Waals surface area contributed by atoms with E-state index < -0.39 is 0 Å². The number of rotatable bonds is 3. The quantitative estimate of drug-likeness (QED) is 0.691. The zero-order valence-corrected chi connectivity index (χ0v) is 8.37. The Bertz CT molecular complexity index is 319. The van der Waals surface area contributed by atoms with E-state index in [0.717, 1.165) is 23.5 Å². The minimum absolute atomic E-state index is 0.0371. The molecule has 1 atom stereocenters. The smallest absolute Gasteiger partial charge is 0.179 e. The summed E-state index contributed by atoms with van der Waals surface area (Å²) >= 11 is 0. The molecule has 1 aliphatic heterocycles. The molecule has 14 heavy (non-hydrogen) atoms. The van der Waals surface area contributed by atoms with E-state index in [2.05, 4.69) is 0 Å². The summed E-state index contributed by atoms with van der Waals surface area (Å²) in [5, 5.41) is 11.1. The third-order valence-corrected chi connectivity index (χ3v) is 2.25. The maximum Gasteiger partial charge on any atom is 0.179 e. The van der Waals surface area contributed by atoms with Gasteiger partial charge < -0.3 is 9.47 Å². The van der Waals surface area contributed by atoms with Gasteiger partial charge in [-0.25, -0.2) is 0 Å². The molecule has 1 fully saturated rings. The first-order valence-electron chi connectivity index (χ1n) is 4.69. The molecular formula is C11H13O3. The fourth-order valence-corrected chi connectivity index (χ4v) is 1.48. The van der Waals surface area contributed by atoms with Crippen molar-refractivity contribution >= 4 is 0 Å². The van der Waals surface area contributed by atoms with E-state index in [4.69, 9.17) is 9.47 Å². The molecule has 1 heterocycles. The second-order valence-electron chi connectivity index (χ2n) is 3.65. The molecule has 75 valence electrons. The van der Waals surface area contributed by atoms with Gasteiger partial charge in [-0.15, -0.1) is 0 Å². The summed E-state index contributed by atoms with van der Waals surface area (Å²) in [5.41, 5.74) is 1.80. The number of hydrogen-bond donors (Lipinski definition) is 0. The number of aryl methyl sites for hydroxylation is 2. The van der Waals surface area contributed by atoms with Crippen LogP contribution in [0.5, 0.6) is 11.5 Å². The molecular weight excluding hydrogens is 180 g/mol. The number of hydrogen-bond acceptors (Lipinski definition) is 2. The molecule has 1 aromatic rings. The van der Waals surface area contributed by atoms with Gasteiger partial charge in [0.25, 0.3) is 0 Å². The second kappa shape index (κ2) is 3.50. The molecule has 1 saturated heterocycles. The van der Waals surface area contributed by atoms with Crippen molar-refractivity contribution in [3.63, 3.8) is 0 Å². The van der Waals surface area contributed by atoms with Crippen molar-refractivity contribution in [3.8, 4) is 11.5 Å². The van der Waals surface area contributed by atoms with Gasteiger partial charge in [0, 0.05) is 0 Å².